The zero-order chi connectivity index (χ0) is 13.9. The number of fused-ring (bicyclic) bond motifs is 1. The molecule has 0 radical (unpaired) electrons. The Morgan fingerprint density at radius 2 is 2.00 bits per heavy atom. The molecule has 1 aromatic carbocycles. The maximum absolute atomic E-state index is 11.7. The van der Waals surface area contributed by atoms with Crippen molar-refractivity contribution in [3.63, 3.8) is 0 Å². The third-order valence-corrected chi connectivity index (χ3v) is 2.98. The van der Waals surface area contributed by atoms with Crippen LogP contribution in [0.5, 0.6) is 11.5 Å². The van der Waals surface area contributed by atoms with Crippen molar-refractivity contribution in [1.29, 1.82) is 0 Å². The number of carbonyl (C=O) groups excluding carboxylic acids is 2. The van der Waals surface area contributed by atoms with Crippen LogP contribution in [0.3, 0.4) is 0 Å². The zero-order valence-electron chi connectivity index (χ0n) is 10.8. The first-order valence-electron chi connectivity index (χ1n) is 6.44. The molecule has 1 heterocycles. The summed E-state index contributed by atoms with van der Waals surface area (Å²) in [5, 5.41) is 7.93. The predicted octanol–water partition coefficient (Wildman–Crippen LogP) is 0.815. The first-order chi connectivity index (χ1) is 9.70. The van der Waals surface area contributed by atoms with E-state index in [2.05, 4.69) is 16.0 Å². The fraction of sp³-hybridized carbons (Fsp3) is 0.385. The molecule has 7 heteroatoms. The molecule has 1 aromatic rings. The normalized spacial score (nSPS) is 15.6. The summed E-state index contributed by atoms with van der Waals surface area (Å²) < 4.78 is 10.4. The van der Waals surface area contributed by atoms with Crippen molar-refractivity contribution >= 4 is 17.6 Å². The van der Waals surface area contributed by atoms with Crippen LogP contribution in [0.15, 0.2) is 18.2 Å². The van der Waals surface area contributed by atoms with Crippen LogP contribution in [0.4, 0.5) is 10.5 Å². The van der Waals surface area contributed by atoms with Crippen molar-refractivity contribution in [2.75, 3.05) is 18.7 Å². The summed E-state index contributed by atoms with van der Waals surface area (Å²) in [6.45, 7) is 0.114. The number of ether oxygens (including phenoxy) is 2. The van der Waals surface area contributed by atoms with Gasteiger partial charge in [0.25, 0.3) is 0 Å². The largest absolute Gasteiger partial charge is 0.454 e. The van der Waals surface area contributed by atoms with E-state index < -0.39 is 0 Å². The molecule has 1 aliphatic heterocycles. The van der Waals surface area contributed by atoms with E-state index in [4.69, 9.17) is 9.47 Å². The van der Waals surface area contributed by atoms with Crippen molar-refractivity contribution < 1.29 is 19.1 Å². The Morgan fingerprint density at radius 1 is 1.20 bits per heavy atom. The number of amides is 3. The lowest BCUT2D eigenvalue weighted by molar-refractivity contribution is -0.115. The quantitative estimate of drug-likeness (QED) is 0.760. The zero-order valence-corrected chi connectivity index (χ0v) is 10.8. The van der Waals surface area contributed by atoms with Crippen molar-refractivity contribution in [2.24, 2.45) is 0 Å². The van der Waals surface area contributed by atoms with Gasteiger partial charge in [-0.2, -0.15) is 0 Å². The fourth-order valence-electron chi connectivity index (χ4n) is 1.80. The van der Waals surface area contributed by atoms with E-state index in [9.17, 15) is 9.59 Å². The second kappa shape index (κ2) is 5.28. The molecule has 106 valence electrons. The Hall–Kier alpha value is -2.44. The van der Waals surface area contributed by atoms with Gasteiger partial charge in [-0.3, -0.25) is 4.79 Å². The smallest absolute Gasteiger partial charge is 0.315 e. The topological polar surface area (TPSA) is 88.7 Å². The summed E-state index contributed by atoms with van der Waals surface area (Å²) in [6, 6.07) is 5.09. The lowest BCUT2D eigenvalue weighted by Crippen LogP contribution is -2.40. The second-order valence-electron chi connectivity index (χ2n) is 4.72. The Labute approximate surface area is 115 Å². The summed E-state index contributed by atoms with van der Waals surface area (Å²) in [5.41, 5.74) is 0.601. The number of hydrogen-bond acceptors (Lipinski definition) is 4. The molecule has 3 amide bonds. The van der Waals surface area contributed by atoms with Crippen LogP contribution < -0.4 is 25.4 Å². The molecule has 1 saturated carbocycles. The molecule has 0 spiro atoms. The van der Waals surface area contributed by atoms with Gasteiger partial charge >= 0.3 is 6.03 Å². The van der Waals surface area contributed by atoms with Crippen LogP contribution in [-0.4, -0.2) is 31.3 Å². The highest BCUT2D eigenvalue weighted by Crippen LogP contribution is 2.34. The van der Waals surface area contributed by atoms with Gasteiger partial charge in [-0.15, -0.1) is 0 Å². The number of carbonyl (C=O) groups is 2. The predicted molar refractivity (Wildman–Crippen MR) is 70.8 cm³/mol. The molecule has 0 aromatic heterocycles. The van der Waals surface area contributed by atoms with Crippen LogP contribution in [0.25, 0.3) is 0 Å². The minimum Gasteiger partial charge on any atom is -0.454 e. The average molecular weight is 277 g/mol. The maximum atomic E-state index is 11.7. The molecule has 1 aliphatic carbocycles. The van der Waals surface area contributed by atoms with Gasteiger partial charge in [0.05, 0.1) is 6.54 Å². The molecule has 0 unspecified atom stereocenters. The van der Waals surface area contributed by atoms with E-state index in [0.717, 1.165) is 12.8 Å². The van der Waals surface area contributed by atoms with Gasteiger partial charge in [0, 0.05) is 17.8 Å². The standard InChI is InChI=1S/C13H15N3O4/c17-12(6-14-13(18)16-8-1-2-8)15-9-3-4-10-11(5-9)20-7-19-10/h3-5,8H,1-2,6-7H2,(H,15,17)(H2,14,16,18). The molecule has 0 saturated heterocycles. The molecule has 20 heavy (non-hydrogen) atoms. The Kier molecular flexibility index (Phi) is 3.32. The van der Waals surface area contributed by atoms with Gasteiger partial charge in [-0.05, 0) is 25.0 Å². The third kappa shape index (κ3) is 3.11. The molecular weight excluding hydrogens is 262 g/mol. The number of nitrogens with one attached hydrogen (secondary N) is 3. The lowest BCUT2D eigenvalue weighted by atomic mass is 10.3. The summed E-state index contributed by atoms with van der Waals surface area (Å²) >= 11 is 0. The minimum absolute atomic E-state index is 0.0764. The number of rotatable bonds is 4. The van der Waals surface area contributed by atoms with Gasteiger partial charge in [0.1, 0.15) is 0 Å². The van der Waals surface area contributed by atoms with Gasteiger partial charge in [-0.1, -0.05) is 0 Å². The highest BCUT2D eigenvalue weighted by Gasteiger charge is 2.23. The van der Waals surface area contributed by atoms with E-state index in [-0.39, 0.29) is 31.3 Å². The fourth-order valence-corrected chi connectivity index (χ4v) is 1.80. The third-order valence-electron chi connectivity index (χ3n) is 2.98. The molecule has 1 fully saturated rings. The Bertz CT molecular complexity index is 542. The molecule has 0 bridgehead atoms. The van der Waals surface area contributed by atoms with E-state index in [1.54, 1.807) is 18.2 Å². The van der Waals surface area contributed by atoms with Crippen LogP contribution in [0, 0.1) is 0 Å². The number of urea groups is 1. The van der Waals surface area contributed by atoms with Crippen molar-refractivity contribution in [2.45, 2.75) is 18.9 Å². The number of hydrogen-bond donors (Lipinski definition) is 3. The summed E-state index contributed by atoms with van der Waals surface area (Å²) in [4.78, 5) is 23.1. The van der Waals surface area contributed by atoms with E-state index >= 15 is 0 Å². The molecule has 3 N–H and O–H groups in total. The van der Waals surface area contributed by atoms with Crippen LogP contribution >= 0.6 is 0 Å². The average Bonchev–Trinajstić information content (AvgIpc) is 3.11. The van der Waals surface area contributed by atoms with Gasteiger partial charge in [0.2, 0.25) is 12.7 Å². The van der Waals surface area contributed by atoms with Gasteiger partial charge in [-0.25, -0.2) is 4.79 Å². The number of anilines is 1. The van der Waals surface area contributed by atoms with Crippen LogP contribution in [0.2, 0.25) is 0 Å². The minimum atomic E-state index is -0.312. The highest BCUT2D eigenvalue weighted by molar-refractivity contribution is 5.94. The second-order valence-corrected chi connectivity index (χ2v) is 4.72. The summed E-state index contributed by atoms with van der Waals surface area (Å²) in [5.74, 6) is 0.960. The van der Waals surface area contributed by atoms with E-state index in [1.165, 1.54) is 0 Å². The molecule has 7 nitrogen and oxygen atoms in total. The number of benzene rings is 1. The SMILES string of the molecule is O=C(CNC(=O)NC1CC1)Nc1ccc2c(c1)OCO2. The Morgan fingerprint density at radius 3 is 2.80 bits per heavy atom. The van der Waals surface area contributed by atoms with Crippen LogP contribution in [0.1, 0.15) is 12.8 Å². The van der Waals surface area contributed by atoms with Gasteiger partial charge in [0.15, 0.2) is 11.5 Å². The Balaban J connectivity index is 1.47. The van der Waals surface area contributed by atoms with Gasteiger partial charge < -0.3 is 25.4 Å². The molecular formula is C13H15N3O4. The van der Waals surface area contributed by atoms with Crippen molar-refractivity contribution in [3.8, 4) is 11.5 Å². The maximum Gasteiger partial charge on any atom is 0.315 e. The molecule has 0 atom stereocenters. The highest BCUT2D eigenvalue weighted by atomic mass is 16.7. The van der Waals surface area contributed by atoms with Crippen molar-refractivity contribution in [3.05, 3.63) is 18.2 Å². The summed E-state index contributed by atoms with van der Waals surface area (Å²) in [6.07, 6.45) is 2.02. The lowest BCUT2D eigenvalue weighted by Gasteiger charge is -2.08. The monoisotopic (exact) mass is 277 g/mol. The van der Waals surface area contributed by atoms with E-state index in [1.807, 2.05) is 0 Å². The first kappa shape index (κ1) is 12.6. The molecule has 2 aliphatic rings. The van der Waals surface area contributed by atoms with E-state index in [0.29, 0.717) is 17.2 Å². The molecule has 3 rings (SSSR count). The van der Waals surface area contributed by atoms with Crippen molar-refractivity contribution in [1.82, 2.24) is 10.6 Å². The summed E-state index contributed by atoms with van der Waals surface area (Å²) in [7, 11) is 0. The first-order valence-corrected chi connectivity index (χ1v) is 6.44. The van der Waals surface area contributed by atoms with Crippen LogP contribution in [-0.2, 0) is 4.79 Å².